The first kappa shape index (κ1) is 17.5. The van der Waals surface area contributed by atoms with Gasteiger partial charge in [0.2, 0.25) is 0 Å². The van der Waals surface area contributed by atoms with E-state index in [2.05, 4.69) is 10.1 Å². The molecule has 1 aromatic heterocycles. The molecule has 0 fully saturated rings. The van der Waals surface area contributed by atoms with E-state index in [4.69, 9.17) is 11.6 Å². The molecule has 5 nitrogen and oxygen atoms in total. The van der Waals surface area contributed by atoms with E-state index in [0.29, 0.717) is 16.1 Å². The number of benzene rings is 2. The van der Waals surface area contributed by atoms with Gasteiger partial charge >= 0.3 is 0 Å². The zero-order valence-corrected chi connectivity index (χ0v) is 14.2. The van der Waals surface area contributed by atoms with Crippen molar-refractivity contribution in [2.45, 2.75) is 24.7 Å². The molecule has 2 N–H and O–H groups in total. The number of halogens is 2. The van der Waals surface area contributed by atoms with E-state index in [1.165, 1.54) is 48.5 Å². The summed E-state index contributed by atoms with van der Waals surface area (Å²) in [5, 5.41) is 27.2. The number of hydrogen-bond donors (Lipinski definition) is 2. The van der Waals surface area contributed by atoms with Crippen LogP contribution in [-0.4, -0.2) is 25.0 Å². The van der Waals surface area contributed by atoms with Crippen LogP contribution >= 0.6 is 11.6 Å². The Bertz CT molecular complexity index is 853. The first-order chi connectivity index (χ1) is 11.8. The topological polar surface area (TPSA) is 71.2 Å². The summed E-state index contributed by atoms with van der Waals surface area (Å²) in [5.74, 6) is -0.433. The van der Waals surface area contributed by atoms with Gasteiger partial charge in [-0.05, 0) is 30.7 Å². The Hall–Kier alpha value is -2.28. The SMILES string of the molecule is C[C@](O)(c1ccc(F)cc1)[C@](O)(Cn1cncn1)c1ccccc1Cl. The van der Waals surface area contributed by atoms with Gasteiger partial charge in [-0.15, -0.1) is 0 Å². The maximum absolute atomic E-state index is 13.3. The Labute approximate surface area is 149 Å². The predicted molar refractivity (Wildman–Crippen MR) is 91.3 cm³/mol. The predicted octanol–water partition coefficient (Wildman–Crippen LogP) is 2.87. The van der Waals surface area contributed by atoms with Crippen LogP contribution in [0.15, 0.2) is 61.2 Å². The van der Waals surface area contributed by atoms with Gasteiger partial charge in [0.05, 0.1) is 6.54 Å². The Morgan fingerprint density at radius 3 is 2.40 bits per heavy atom. The lowest BCUT2D eigenvalue weighted by atomic mass is 9.74. The highest BCUT2D eigenvalue weighted by atomic mass is 35.5. The van der Waals surface area contributed by atoms with Crippen molar-refractivity contribution in [3.63, 3.8) is 0 Å². The Morgan fingerprint density at radius 1 is 1.12 bits per heavy atom. The maximum atomic E-state index is 13.3. The molecule has 0 aliphatic heterocycles. The van der Waals surface area contributed by atoms with E-state index in [9.17, 15) is 14.6 Å². The van der Waals surface area contributed by atoms with Crippen LogP contribution in [0, 0.1) is 5.82 Å². The molecule has 25 heavy (non-hydrogen) atoms. The number of aromatic nitrogens is 3. The van der Waals surface area contributed by atoms with Gasteiger partial charge in [-0.3, -0.25) is 0 Å². The standard InChI is InChI=1S/C18H17ClFN3O2/c1-17(24,13-6-8-14(20)9-7-13)18(25,10-23-12-21-11-22-23)15-4-2-3-5-16(15)19/h2-9,11-12,24-25H,10H2,1H3/t17-,18-/m0/s1. The van der Waals surface area contributed by atoms with Crippen LogP contribution in [0.3, 0.4) is 0 Å². The molecule has 7 heteroatoms. The van der Waals surface area contributed by atoms with Crippen molar-refractivity contribution in [2.24, 2.45) is 0 Å². The van der Waals surface area contributed by atoms with E-state index in [-0.39, 0.29) is 6.54 Å². The monoisotopic (exact) mass is 361 g/mol. The van der Waals surface area contributed by atoms with Crippen LogP contribution < -0.4 is 0 Å². The summed E-state index contributed by atoms with van der Waals surface area (Å²) in [6, 6.07) is 12.0. The molecule has 0 aliphatic carbocycles. The molecule has 0 saturated carbocycles. The minimum Gasteiger partial charge on any atom is -0.382 e. The molecule has 0 unspecified atom stereocenters. The molecule has 0 amide bonds. The number of hydrogen-bond acceptors (Lipinski definition) is 4. The van der Waals surface area contributed by atoms with Crippen LogP contribution in [-0.2, 0) is 17.7 Å². The average Bonchev–Trinajstić information content (AvgIpc) is 3.08. The van der Waals surface area contributed by atoms with Gasteiger partial charge in [0.1, 0.15) is 29.7 Å². The minimum absolute atomic E-state index is 0.0961. The normalized spacial score (nSPS) is 16.2. The summed E-state index contributed by atoms with van der Waals surface area (Å²) >= 11 is 6.29. The molecule has 130 valence electrons. The van der Waals surface area contributed by atoms with E-state index >= 15 is 0 Å². The molecule has 2 atom stereocenters. The van der Waals surface area contributed by atoms with Gasteiger partial charge in [-0.25, -0.2) is 14.1 Å². The second-order valence-corrected chi connectivity index (χ2v) is 6.42. The van der Waals surface area contributed by atoms with E-state index in [0.717, 1.165) is 0 Å². The lowest BCUT2D eigenvalue weighted by Gasteiger charge is -2.42. The fourth-order valence-corrected chi connectivity index (χ4v) is 3.15. The fourth-order valence-electron chi connectivity index (χ4n) is 2.86. The molecule has 0 bridgehead atoms. The van der Waals surface area contributed by atoms with Crippen LogP contribution in [0.25, 0.3) is 0 Å². The number of nitrogens with zero attached hydrogens (tertiary/aromatic N) is 3. The van der Waals surface area contributed by atoms with E-state index < -0.39 is 17.0 Å². The van der Waals surface area contributed by atoms with E-state index in [1.54, 1.807) is 24.3 Å². The third-order valence-electron chi connectivity index (χ3n) is 4.39. The Kier molecular flexibility index (Phi) is 4.60. The summed E-state index contributed by atoms with van der Waals surface area (Å²) < 4.78 is 14.7. The van der Waals surface area contributed by atoms with E-state index in [1.807, 2.05) is 0 Å². The number of rotatable bonds is 5. The van der Waals surface area contributed by atoms with Gasteiger partial charge in [0.25, 0.3) is 0 Å². The summed E-state index contributed by atoms with van der Waals surface area (Å²) in [6.07, 6.45) is 2.77. The lowest BCUT2D eigenvalue weighted by Crippen LogP contribution is -2.50. The second kappa shape index (κ2) is 6.55. The summed E-state index contributed by atoms with van der Waals surface area (Å²) in [6.45, 7) is 1.36. The van der Waals surface area contributed by atoms with Crippen molar-refractivity contribution in [2.75, 3.05) is 0 Å². The van der Waals surface area contributed by atoms with Crippen molar-refractivity contribution in [3.8, 4) is 0 Å². The quantitative estimate of drug-likeness (QED) is 0.733. The van der Waals surface area contributed by atoms with Crippen molar-refractivity contribution < 1.29 is 14.6 Å². The zero-order valence-electron chi connectivity index (χ0n) is 13.5. The third kappa shape index (κ3) is 3.16. The molecule has 0 aliphatic rings. The Morgan fingerprint density at radius 2 is 1.80 bits per heavy atom. The van der Waals surface area contributed by atoms with Crippen LogP contribution in [0.2, 0.25) is 5.02 Å². The molecule has 3 rings (SSSR count). The van der Waals surface area contributed by atoms with Gasteiger partial charge < -0.3 is 10.2 Å². The fraction of sp³-hybridized carbons (Fsp3) is 0.222. The molecule has 0 spiro atoms. The summed E-state index contributed by atoms with van der Waals surface area (Å²) in [5.41, 5.74) is -2.94. The zero-order chi connectivity index (χ0) is 18.1. The Balaban J connectivity index is 2.16. The van der Waals surface area contributed by atoms with Gasteiger partial charge in [-0.1, -0.05) is 41.9 Å². The van der Waals surface area contributed by atoms with Crippen LogP contribution in [0.1, 0.15) is 18.1 Å². The minimum atomic E-state index is -1.84. The summed E-state index contributed by atoms with van der Waals surface area (Å²) in [7, 11) is 0. The van der Waals surface area contributed by atoms with Gasteiger partial charge in [0.15, 0.2) is 0 Å². The van der Waals surface area contributed by atoms with Crippen molar-refractivity contribution in [1.82, 2.24) is 14.8 Å². The van der Waals surface area contributed by atoms with Crippen LogP contribution in [0.5, 0.6) is 0 Å². The average molecular weight is 362 g/mol. The molecule has 3 aromatic rings. The second-order valence-electron chi connectivity index (χ2n) is 6.01. The third-order valence-corrected chi connectivity index (χ3v) is 4.72. The van der Waals surface area contributed by atoms with Crippen molar-refractivity contribution in [1.29, 1.82) is 0 Å². The molecular weight excluding hydrogens is 345 g/mol. The lowest BCUT2D eigenvalue weighted by molar-refractivity contribution is -0.164. The summed E-state index contributed by atoms with van der Waals surface area (Å²) in [4.78, 5) is 3.87. The molecule has 2 aromatic carbocycles. The van der Waals surface area contributed by atoms with Gasteiger partial charge in [-0.2, -0.15) is 5.10 Å². The molecule has 0 saturated heterocycles. The maximum Gasteiger partial charge on any atom is 0.143 e. The highest BCUT2D eigenvalue weighted by Crippen LogP contribution is 2.44. The van der Waals surface area contributed by atoms with Gasteiger partial charge in [0, 0.05) is 10.6 Å². The highest BCUT2D eigenvalue weighted by Gasteiger charge is 2.50. The molecule has 1 heterocycles. The first-order valence-electron chi connectivity index (χ1n) is 7.63. The molecule has 0 radical (unpaired) electrons. The number of aliphatic hydroxyl groups is 2. The van der Waals surface area contributed by atoms with Crippen molar-refractivity contribution >= 4 is 11.6 Å². The van der Waals surface area contributed by atoms with Crippen LogP contribution in [0.4, 0.5) is 4.39 Å². The molecular formula is C18H17ClFN3O2. The largest absolute Gasteiger partial charge is 0.382 e. The van der Waals surface area contributed by atoms with Crippen molar-refractivity contribution in [3.05, 3.63) is 83.2 Å². The smallest absolute Gasteiger partial charge is 0.143 e. The first-order valence-corrected chi connectivity index (χ1v) is 8.00. The highest BCUT2D eigenvalue weighted by molar-refractivity contribution is 6.31.